The van der Waals surface area contributed by atoms with E-state index in [2.05, 4.69) is 31.1 Å². The lowest BCUT2D eigenvalue weighted by molar-refractivity contribution is 0.163. The Morgan fingerprint density at radius 2 is 2.08 bits per heavy atom. The number of piperidine rings is 1. The number of aryl methyl sites for hydroxylation is 1. The van der Waals surface area contributed by atoms with E-state index in [4.69, 9.17) is 10.1 Å². The first-order valence-corrected chi connectivity index (χ1v) is 8.71. The van der Waals surface area contributed by atoms with Crippen molar-refractivity contribution >= 4 is 11.0 Å². The van der Waals surface area contributed by atoms with E-state index in [1.165, 1.54) is 0 Å². The molecule has 0 atom stereocenters. The van der Waals surface area contributed by atoms with Gasteiger partial charge < -0.3 is 10.0 Å². The van der Waals surface area contributed by atoms with Crippen molar-refractivity contribution in [3.63, 3.8) is 0 Å². The Morgan fingerprint density at radius 1 is 1.24 bits per heavy atom. The first-order valence-electron chi connectivity index (χ1n) is 8.71. The number of hydrogen-bond acceptors (Lipinski definition) is 6. The molecule has 0 amide bonds. The Labute approximate surface area is 146 Å². The summed E-state index contributed by atoms with van der Waals surface area (Å²) in [4.78, 5) is 16.0. The molecule has 0 unspecified atom stereocenters. The molecule has 7 nitrogen and oxygen atoms in total. The minimum atomic E-state index is 0.225. The summed E-state index contributed by atoms with van der Waals surface area (Å²) in [6.45, 7) is 4.97. The third-order valence-electron chi connectivity index (χ3n) is 4.97. The molecule has 1 fully saturated rings. The maximum atomic E-state index is 9.07. The second-order valence-electron chi connectivity index (χ2n) is 6.61. The molecule has 25 heavy (non-hydrogen) atoms. The average Bonchev–Trinajstić information content (AvgIpc) is 3.03. The van der Waals surface area contributed by atoms with Gasteiger partial charge in [-0.2, -0.15) is 5.10 Å². The van der Waals surface area contributed by atoms with Gasteiger partial charge in [-0.05, 0) is 38.9 Å². The summed E-state index contributed by atoms with van der Waals surface area (Å²) in [6, 6.07) is 2.07. The molecule has 0 radical (unpaired) electrons. The van der Waals surface area contributed by atoms with E-state index in [9.17, 15) is 0 Å². The zero-order valence-electron chi connectivity index (χ0n) is 14.3. The van der Waals surface area contributed by atoms with Crippen LogP contribution in [0.15, 0.2) is 24.7 Å². The molecule has 0 spiro atoms. The van der Waals surface area contributed by atoms with Crippen LogP contribution in [0.4, 0.5) is 0 Å². The molecule has 0 bridgehead atoms. The smallest absolute Gasteiger partial charge is 0.181 e. The van der Waals surface area contributed by atoms with E-state index in [1.807, 2.05) is 13.1 Å². The van der Waals surface area contributed by atoms with Crippen LogP contribution in [0.1, 0.15) is 30.1 Å². The molecule has 7 heteroatoms. The molecule has 1 aliphatic rings. The standard InChI is InChI=1S/C18H22N6O/c1-12-15-8-14(9-20-18(15)23-22-12)17-11-19-10-16(21-17)13-2-4-24(5-3-13)6-7-25/h8-11,13,25H,2-7H2,1H3,(H,20,22,23). The number of aliphatic hydroxyl groups is 1. The minimum Gasteiger partial charge on any atom is -0.395 e. The van der Waals surface area contributed by atoms with Gasteiger partial charge in [0.25, 0.3) is 0 Å². The van der Waals surface area contributed by atoms with Crippen LogP contribution >= 0.6 is 0 Å². The Balaban J connectivity index is 1.57. The van der Waals surface area contributed by atoms with Gasteiger partial charge in [0.15, 0.2) is 5.65 Å². The van der Waals surface area contributed by atoms with Crippen LogP contribution in [0, 0.1) is 6.92 Å². The molecule has 4 heterocycles. The quantitative estimate of drug-likeness (QED) is 0.755. The fourth-order valence-electron chi connectivity index (χ4n) is 3.47. The SMILES string of the molecule is Cc1[nH]nc2ncc(-c3cncc(C4CCN(CCO)CC4)n3)cc12. The highest BCUT2D eigenvalue weighted by Gasteiger charge is 2.22. The minimum absolute atomic E-state index is 0.225. The Morgan fingerprint density at radius 3 is 2.88 bits per heavy atom. The maximum absolute atomic E-state index is 9.07. The van der Waals surface area contributed by atoms with Gasteiger partial charge in [-0.1, -0.05) is 0 Å². The summed E-state index contributed by atoms with van der Waals surface area (Å²) in [6.07, 6.45) is 7.58. The number of nitrogens with zero attached hydrogens (tertiary/aromatic N) is 5. The molecule has 130 valence electrons. The third-order valence-corrected chi connectivity index (χ3v) is 4.97. The van der Waals surface area contributed by atoms with Crippen molar-refractivity contribution in [2.45, 2.75) is 25.7 Å². The van der Waals surface area contributed by atoms with Gasteiger partial charge in [-0.25, -0.2) is 9.97 Å². The lowest BCUT2D eigenvalue weighted by Gasteiger charge is -2.31. The second-order valence-corrected chi connectivity index (χ2v) is 6.61. The summed E-state index contributed by atoms with van der Waals surface area (Å²) < 4.78 is 0. The number of aromatic amines is 1. The molecular weight excluding hydrogens is 316 g/mol. The molecule has 0 aromatic carbocycles. The zero-order valence-corrected chi connectivity index (χ0v) is 14.3. The van der Waals surface area contributed by atoms with Gasteiger partial charge in [0.2, 0.25) is 0 Å². The highest BCUT2D eigenvalue weighted by atomic mass is 16.3. The summed E-state index contributed by atoms with van der Waals surface area (Å²) in [5, 5.41) is 17.2. The molecule has 2 N–H and O–H groups in total. The van der Waals surface area contributed by atoms with Crippen LogP contribution in [-0.2, 0) is 0 Å². The molecule has 0 aliphatic carbocycles. The monoisotopic (exact) mass is 338 g/mol. The van der Waals surface area contributed by atoms with Crippen molar-refractivity contribution in [2.75, 3.05) is 26.2 Å². The van der Waals surface area contributed by atoms with Crippen LogP contribution in [0.3, 0.4) is 0 Å². The van der Waals surface area contributed by atoms with Crippen LogP contribution in [0.2, 0.25) is 0 Å². The van der Waals surface area contributed by atoms with Gasteiger partial charge >= 0.3 is 0 Å². The Bertz CT molecular complexity index is 869. The van der Waals surface area contributed by atoms with Crippen molar-refractivity contribution in [1.29, 1.82) is 0 Å². The van der Waals surface area contributed by atoms with Crippen LogP contribution < -0.4 is 0 Å². The van der Waals surface area contributed by atoms with E-state index in [0.717, 1.165) is 66.2 Å². The Hall–Kier alpha value is -2.38. The largest absolute Gasteiger partial charge is 0.395 e. The predicted octanol–water partition coefficient (Wildman–Crippen LogP) is 1.90. The molecular formula is C18H22N6O. The average molecular weight is 338 g/mol. The molecule has 3 aromatic heterocycles. The number of aromatic nitrogens is 5. The van der Waals surface area contributed by atoms with Gasteiger partial charge in [-0.3, -0.25) is 10.1 Å². The van der Waals surface area contributed by atoms with E-state index >= 15 is 0 Å². The molecule has 4 rings (SSSR count). The van der Waals surface area contributed by atoms with Crippen molar-refractivity contribution in [2.24, 2.45) is 0 Å². The Kier molecular flexibility index (Phi) is 4.42. The van der Waals surface area contributed by atoms with Gasteiger partial charge in [0, 0.05) is 41.5 Å². The van der Waals surface area contributed by atoms with Crippen molar-refractivity contribution in [3.8, 4) is 11.3 Å². The van der Waals surface area contributed by atoms with E-state index in [0.29, 0.717) is 5.92 Å². The molecule has 1 saturated heterocycles. The van der Waals surface area contributed by atoms with E-state index in [1.54, 1.807) is 12.4 Å². The maximum Gasteiger partial charge on any atom is 0.181 e. The predicted molar refractivity (Wildman–Crippen MR) is 95.2 cm³/mol. The lowest BCUT2D eigenvalue weighted by Crippen LogP contribution is -2.35. The first-order chi connectivity index (χ1) is 12.2. The topological polar surface area (TPSA) is 90.8 Å². The van der Waals surface area contributed by atoms with E-state index < -0.39 is 0 Å². The molecule has 1 aliphatic heterocycles. The number of likely N-dealkylation sites (tertiary alicyclic amines) is 1. The van der Waals surface area contributed by atoms with Crippen LogP contribution in [0.5, 0.6) is 0 Å². The highest BCUT2D eigenvalue weighted by Crippen LogP contribution is 2.28. The number of hydrogen-bond donors (Lipinski definition) is 2. The number of H-pyrrole nitrogens is 1. The fraction of sp³-hybridized carbons (Fsp3) is 0.444. The van der Waals surface area contributed by atoms with Crippen LogP contribution in [0.25, 0.3) is 22.3 Å². The van der Waals surface area contributed by atoms with Crippen molar-refractivity contribution in [1.82, 2.24) is 30.0 Å². The zero-order chi connectivity index (χ0) is 17.2. The van der Waals surface area contributed by atoms with Crippen LogP contribution in [-0.4, -0.2) is 61.4 Å². The summed E-state index contributed by atoms with van der Waals surface area (Å²) >= 11 is 0. The lowest BCUT2D eigenvalue weighted by atomic mass is 9.93. The van der Waals surface area contributed by atoms with E-state index in [-0.39, 0.29) is 6.61 Å². The summed E-state index contributed by atoms with van der Waals surface area (Å²) in [5.74, 6) is 0.426. The number of pyridine rings is 1. The summed E-state index contributed by atoms with van der Waals surface area (Å²) in [7, 11) is 0. The van der Waals surface area contributed by atoms with Gasteiger partial charge in [0.05, 0.1) is 24.2 Å². The number of nitrogens with one attached hydrogen (secondary N) is 1. The molecule has 3 aromatic rings. The van der Waals surface area contributed by atoms with Gasteiger partial charge in [-0.15, -0.1) is 0 Å². The van der Waals surface area contributed by atoms with Crippen molar-refractivity contribution < 1.29 is 5.11 Å². The first kappa shape index (κ1) is 16.1. The number of rotatable bonds is 4. The normalized spacial score (nSPS) is 16.6. The number of fused-ring (bicyclic) bond motifs is 1. The number of β-amino-alcohol motifs (C(OH)–C–C–N with tert-alkyl or cyclic N) is 1. The number of aliphatic hydroxyl groups excluding tert-OH is 1. The fourth-order valence-corrected chi connectivity index (χ4v) is 3.47. The van der Waals surface area contributed by atoms with Gasteiger partial charge in [0.1, 0.15) is 0 Å². The van der Waals surface area contributed by atoms with Crippen molar-refractivity contribution in [3.05, 3.63) is 36.0 Å². The summed E-state index contributed by atoms with van der Waals surface area (Å²) in [5.41, 5.74) is 4.59. The third kappa shape index (κ3) is 3.25. The second kappa shape index (κ2) is 6.85. The molecule has 0 saturated carbocycles. The highest BCUT2D eigenvalue weighted by molar-refractivity contribution is 5.82.